The molecule has 2 N–H and O–H groups in total. The van der Waals surface area contributed by atoms with Gasteiger partial charge in [-0.15, -0.1) is 0 Å². The Morgan fingerprint density at radius 1 is 1.00 bits per heavy atom. The number of ether oxygens (including phenoxy) is 1. The Bertz CT molecular complexity index is 1010. The second-order valence-corrected chi connectivity index (χ2v) is 9.36. The molecule has 0 aliphatic carbocycles. The van der Waals surface area contributed by atoms with Gasteiger partial charge in [0, 0.05) is 32.5 Å². The average molecular weight is 464 g/mol. The van der Waals surface area contributed by atoms with Crippen molar-refractivity contribution in [3.8, 4) is 5.75 Å². The van der Waals surface area contributed by atoms with Gasteiger partial charge in [0.25, 0.3) is 0 Å². The van der Waals surface area contributed by atoms with E-state index in [4.69, 9.17) is 10.5 Å². The highest BCUT2D eigenvalue weighted by Crippen LogP contribution is 2.33. The standard InChI is InChI=1S/C27H33N3O4/c1-34-23-9-7-20(8-10-23)16-25(31)29-13-11-21-17-26(32)30(14-12-22(21)18-29)24(27(28)33)15-19-5-3-2-4-6-19/h2-10,21-22,24H,11-18H2,1H3,(H2,28,33)/t21-,22+,24+/m1/s1. The summed E-state index contributed by atoms with van der Waals surface area (Å²) in [4.78, 5) is 42.0. The molecule has 0 aromatic heterocycles. The molecule has 2 heterocycles. The lowest BCUT2D eigenvalue weighted by atomic mass is 9.82. The van der Waals surface area contributed by atoms with Gasteiger partial charge < -0.3 is 20.3 Å². The Kier molecular flexibility index (Phi) is 7.50. The number of fused-ring (bicyclic) bond motifs is 1. The summed E-state index contributed by atoms with van der Waals surface area (Å²) >= 11 is 0. The van der Waals surface area contributed by atoms with Crippen molar-refractivity contribution >= 4 is 17.7 Å². The van der Waals surface area contributed by atoms with Crippen molar-refractivity contribution < 1.29 is 19.1 Å². The van der Waals surface area contributed by atoms with Gasteiger partial charge in [-0.05, 0) is 47.9 Å². The van der Waals surface area contributed by atoms with Crippen molar-refractivity contribution in [3.05, 3.63) is 65.7 Å². The minimum atomic E-state index is -0.650. The summed E-state index contributed by atoms with van der Waals surface area (Å²) in [7, 11) is 1.62. The largest absolute Gasteiger partial charge is 0.497 e. The van der Waals surface area contributed by atoms with Crippen molar-refractivity contribution in [1.29, 1.82) is 0 Å². The number of amides is 3. The maximum absolute atomic E-state index is 13.1. The molecule has 0 unspecified atom stereocenters. The number of carbonyl (C=O) groups excluding carboxylic acids is 3. The topological polar surface area (TPSA) is 92.9 Å². The maximum atomic E-state index is 13.1. The number of nitrogens with two attached hydrogens (primary N) is 1. The van der Waals surface area contributed by atoms with Crippen LogP contribution in [0.1, 0.15) is 30.4 Å². The van der Waals surface area contributed by atoms with E-state index < -0.39 is 11.9 Å². The van der Waals surface area contributed by atoms with Gasteiger partial charge in [-0.3, -0.25) is 14.4 Å². The lowest BCUT2D eigenvalue weighted by Gasteiger charge is -2.37. The summed E-state index contributed by atoms with van der Waals surface area (Å²) in [6.45, 7) is 1.80. The third-order valence-corrected chi connectivity index (χ3v) is 7.23. The highest BCUT2D eigenvalue weighted by molar-refractivity contribution is 5.87. The Balaban J connectivity index is 1.39. The van der Waals surface area contributed by atoms with E-state index in [9.17, 15) is 14.4 Å². The second-order valence-electron chi connectivity index (χ2n) is 9.36. The predicted octanol–water partition coefficient (Wildman–Crippen LogP) is 2.42. The minimum absolute atomic E-state index is 0.00904. The molecule has 7 heteroatoms. The zero-order chi connectivity index (χ0) is 24.1. The quantitative estimate of drug-likeness (QED) is 0.683. The molecule has 4 rings (SSSR count). The Morgan fingerprint density at radius 2 is 1.71 bits per heavy atom. The van der Waals surface area contributed by atoms with Crippen LogP contribution < -0.4 is 10.5 Å². The molecule has 34 heavy (non-hydrogen) atoms. The first-order chi connectivity index (χ1) is 16.4. The molecule has 0 spiro atoms. The summed E-state index contributed by atoms with van der Waals surface area (Å²) in [6, 6.07) is 16.6. The number of likely N-dealkylation sites (tertiary alicyclic amines) is 2. The van der Waals surface area contributed by atoms with Crippen LogP contribution in [0.2, 0.25) is 0 Å². The van der Waals surface area contributed by atoms with Crippen molar-refractivity contribution in [1.82, 2.24) is 9.80 Å². The number of nitrogens with zero attached hydrogens (tertiary/aromatic N) is 2. The molecule has 2 aliphatic rings. The van der Waals surface area contributed by atoms with E-state index in [1.807, 2.05) is 59.5 Å². The number of carbonyl (C=O) groups is 3. The van der Waals surface area contributed by atoms with Gasteiger partial charge in [0.2, 0.25) is 17.7 Å². The van der Waals surface area contributed by atoms with Gasteiger partial charge in [-0.1, -0.05) is 42.5 Å². The van der Waals surface area contributed by atoms with Crippen LogP contribution in [-0.4, -0.2) is 60.3 Å². The van der Waals surface area contributed by atoms with Gasteiger partial charge in [-0.2, -0.15) is 0 Å². The van der Waals surface area contributed by atoms with E-state index in [-0.39, 0.29) is 23.7 Å². The predicted molar refractivity (Wildman–Crippen MR) is 129 cm³/mol. The molecule has 0 bridgehead atoms. The Morgan fingerprint density at radius 3 is 2.38 bits per heavy atom. The molecule has 2 aromatic carbocycles. The normalized spacial score (nSPS) is 21.4. The van der Waals surface area contributed by atoms with E-state index in [0.29, 0.717) is 38.9 Å². The van der Waals surface area contributed by atoms with Gasteiger partial charge in [0.05, 0.1) is 13.5 Å². The SMILES string of the molecule is COc1ccc(CC(=O)N2CC[C@@H]3CC(=O)N([C@@H](Cc4ccccc4)C(N)=O)CC[C@H]3C2)cc1. The first-order valence-corrected chi connectivity index (χ1v) is 12.0. The zero-order valence-corrected chi connectivity index (χ0v) is 19.7. The van der Waals surface area contributed by atoms with Crippen LogP contribution in [0.5, 0.6) is 5.75 Å². The van der Waals surface area contributed by atoms with Crippen molar-refractivity contribution in [3.63, 3.8) is 0 Å². The molecule has 2 aromatic rings. The highest BCUT2D eigenvalue weighted by Gasteiger charge is 2.39. The third kappa shape index (κ3) is 5.58. The van der Waals surface area contributed by atoms with Gasteiger partial charge in [0.15, 0.2) is 0 Å². The summed E-state index contributed by atoms with van der Waals surface area (Å²) in [5.41, 5.74) is 7.68. The van der Waals surface area contributed by atoms with Crippen LogP contribution in [0.3, 0.4) is 0 Å². The van der Waals surface area contributed by atoms with Gasteiger partial charge >= 0.3 is 0 Å². The van der Waals surface area contributed by atoms with Gasteiger partial charge in [0.1, 0.15) is 11.8 Å². The van der Waals surface area contributed by atoms with E-state index in [2.05, 4.69) is 0 Å². The lowest BCUT2D eigenvalue weighted by molar-refractivity contribution is -0.139. The van der Waals surface area contributed by atoms with Crippen LogP contribution in [0.25, 0.3) is 0 Å². The number of methoxy groups -OCH3 is 1. The highest BCUT2D eigenvalue weighted by atomic mass is 16.5. The number of hydrogen-bond donors (Lipinski definition) is 1. The average Bonchev–Trinajstić information content (AvgIpc) is 3.01. The van der Waals surface area contributed by atoms with Crippen LogP contribution >= 0.6 is 0 Å². The summed E-state index contributed by atoms with van der Waals surface area (Å²) in [5, 5.41) is 0. The third-order valence-electron chi connectivity index (χ3n) is 7.23. The van der Waals surface area contributed by atoms with E-state index in [1.165, 1.54) is 0 Å². The van der Waals surface area contributed by atoms with E-state index >= 15 is 0 Å². The second kappa shape index (κ2) is 10.7. The fourth-order valence-corrected chi connectivity index (χ4v) is 5.24. The molecule has 7 nitrogen and oxygen atoms in total. The van der Waals surface area contributed by atoms with Crippen LogP contribution in [-0.2, 0) is 27.2 Å². The van der Waals surface area contributed by atoms with Crippen LogP contribution in [0.4, 0.5) is 0 Å². The lowest BCUT2D eigenvalue weighted by Crippen LogP contribution is -2.49. The van der Waals surface area contributed by atoms with Crippen molar-refractivity contribution in [2.24, 2.45) is 17.6 Å². The first-order valence-electron chi connectivity index (χ1n) is 12.0. The van der Waals surface area contributed by atoms with Crippen LogP contribution in [0, 0.1) is 11.8 Å². The van der Waals surface area contributed by atoms with Crippen LogP contribution in [0.15, 0.2) is 54.6 Å². The maximum Gasteiger partial charge on any atom is 0.240 e. The fourth-order valence-electron chi connectivity index (χ4n) is 5.24. The molecular formula is C27H33N3O4. The molecule has 0 saturated carbocycles. The van der Waals surface area contributed by atoms with Crippen molar-refractivity contribution in [2.75, 3.05) is 26.7 Å². The molecule has 2 fully saturated rings. The van der Waals surface area contributed by atoms with E-state index in [0.717, 1.165) is 29.7 Å². The first kappa shape index (κ1) is 23.8. The molecule has 2 aliphatic heterocycles. The van der Waals surface area contributed by atoms with Crippen molar-refractivity contribution in [2.45, 2.75) is 38.1 Å². The number of primary amides is 1. The Labute approximate surface area is 200 Å². The zero-order valence-electron chi connectivity index (χ0n) is 19.7. The smallest absolute Gasteiger partial charge is 0.240 e. The molecular weight excluding hydrogens is 430 g/mol. The molecule has 3 atom stereocenters. The summed E-state index contributed by atoms with van der Waals surface area (Å²) in [5.74, 6) is 0.866. The number of hydrogen-bond acceptors (Lipinski definition) is 4. The number of benzene rings is 2. The monoisotopic (exact) mass is 463 g/mol. The number of rotatable bonds is 7. The molecule has 0 radical (unpaired) electrons. The minimum Gasteiger partial charge on any atom is -0.497 e. The molecule has 3 amide bonds. The molecule has 2 saturated heterocycles. The summed E-state index contributed by atoms with van der Waals surface area (Å²) < 4.78 is 5.19. The molecule has 180 valence electrons. The fraction of sp³-hybridized carbons (Fsp3) is 0.444. The number of piperidine rings is 1. The van der Waals surface area contributed by atoms with Gasteiger partial charge in [-0.25, -0.2) is 0 Å². The Hall–Kier alpha value is -3.35. The summed E-state index contributed by atoms with van der Waals surface area (Å²) in [6.07, 6.45) is 2.75. The van der Waals surface area contributed by atoms with E-state index in [1.54, 1.807) is 12.0 Å².